The predicted octanol–water partition coefficient (Wildman–Crippen LogP) is 5.00. The van der Waals surface area contributed by atoms with Crippen LogP contribution in [0.5, 0.6) is 11.5 Å². The Kier molecular flexibility index (Phi) is 8.39. The van der Waals surface area contributed by atoms with Gasteiger partial charge in [-0.25, -0.2) is 12.8 Å². The molecular weight excluding hydrogens is 537 g/mol. The van der Waals surface area contributed by atoms with Crippen LogP contribution in [0.15, 0.2) is 45.8 Å². The van der Waals surface area contributed by atoms with Gasteiger partial charge in [-0.2, -0.15) is 4.31 Å². The standard InChI is InChI=1S/C26H27ClFN3O6S/c1-16-25(22(37-30-16)9-8-17-6-4-5-7-20(17)28)38(33,34)31-12-10-18(11-13-31)26(32)29-21-14-19(27)23(35-2)15-24(21)36-3/h4-9,14-15,18H,10-13H2,1-3H3,(H,29,32)/b9-8+. The van der Waals surface area contributed by atoms with Crippen molar-refractivity contribution < 1.29 is 31.6 Å². The van der Waals surface area contributed by atoms with Crippen LogP contribution in [0, 0.1) is 18.7 Å². The molecule has 9 nitrogen and oxygen atoms in total. The Balaban J connectivity index is 1.46. The summed E-state index contributed by atoms with van der Waals surface area (Å²) < 4.78 is 58.0. The highest BCUT2D eigenvalue weighted by Gasteiger charge is 2.36. The number of piperidine rings is 1. The molecular formula is C26H27ClFN3O6S. The zero-order valence-electron chi connectivity index (χ0n) is 21.0. The molecule has 2 heterocycles. The lowest BCUT2D eigenvalue weighted by molar-refractivity contribution is -0.120. The molecule has 0 bridgehead atoms. The summed E-state index contributed by atoms with van der Waals surface area (Å²) in [6.45, 7) is 1.79. The molecule has 38 heavy (non-hydrogen) atoms. The summed E-state index contributed by atoms with van der Waals surface area (Å²) in [6, 6.07) is 9.23. The van der Waals surface area contributed by atoms with Crippen LogP contribution in [0.1, 0.15) is 29.9 Å². The SMILES string of the molecule is COc1cc(OC)c(NC(=O)C2CCN(S(=O)(=O)c3c(C)noc3/C=C/c3ccccc3F)CC2)cc1Cl. The molecule has 12 heteroatoms. The molecule has 1 N–H and O–H groups in total. The molecule has 0 saturated carbocycles. The second-order valence-electron chi connectivity index (χ2n) is 8.67. The fraction of sp³-hybridized carbons (Fsp3) is 0.308. The lowest BCUT2D eigenvalue weighted by Gasteiger charge is -2.30. The maximum absolute atomic E-state index is 14.0. The lowest BCUT2D eigenvalue weighted by Crippen LogP contribution is -2.41. The predicted molar refractivity (Wildman–Crippen MR) is 141 cm³/mol. The zero-order chi connectivity index (χ0) is 27.4. The number of hydrogen-bond donors (Lipinski definition) is 1. The van der Waals surface area contributed by atoms with Crippen molar-refractivity contribution in [1.29, 1.82) is 0 Å². The number of benzene rings is 2. The number of methoxy groups -OCH3 is 2. The van der Waals surface area contributed by atoms with Crippen LogP contribution in [-0.2, 0) is 14.8 Å². The summed E-state index contributed by atoms with van der Waals surface area (Å²) in [4.78, 5) is 12.9. The maximum atomic E-state index is 14.0. The smallest absolute Gasteiger partial charge is 0.248 e. The maximum Gasteiger partial charge on any atom is 0.248 e. The summed E-state index contributed by atoms with van der Waals surface area (Å²) in [6.07, 6.45) is 3.44. The Labute approximate surface area is 225 Å². The quantitative estimate of drug-likeness (QED) is 0.410. The first-order valence-corrected chi connectivity index (χ1v) is 13.6. The number of sulfonamides is 1. The summed E-state index contributed by atoms with van der Waals surface area (Å²) in [5.74, 6) is -0.327. The van der Waals surface area contributed by atoms with Gasteiger partial charge in [0.15, 0.2) is 10.7 Å². The van der Waals surface area contributed by atoms with E-state index in [-0.39, 0.29) is 40.9 Å². The van der Waals surface area contributed by atoms with E-state index < -0.39 is 21.8 Å². The number of carbonyl (C=O) groups is 1. The molecule has 3 aromatic rings. The van der Waals surface area contributed by atoms with E-state index in [1.807, 2.05) is 0 Å². The fourth-order valence-electron chi connectivity index (χ4n) is 4.25. The number of halogens is 2. The number of hydrogen-bond acceptors (Lipinski definition) is 7. The Morgan fingerprint density at radius 1 is 1.16 bits per heavy atom. The van der Waals surface area contributed by atoms with Crippen molar-refractivity contribution in [2.75, 3.05) is 32.6 Å². The molecule has 202 valence electrons. The van der Waals surface area contributed by atoms with Crippen molar-refractivity contribution in [3.05, 3.63) is 64.3 Å². The van der Waals surface area contributed by atoms with E-state index in [2.05, 4.69) is 10.5 Å². The van der Waals surface area contributed by atoms with Crippen molar-refractivity contribution >= 4 is 45.4 Å². The molecule has 1 aromatic heterocycles. The number of carbonyl (C=O) groups excluding carboxylic acids is 1. The van der Waals surface area contributed by atoms with E-state index in [1.165, 1.54) is 43.7 Å². The van der Waals surface area contributed by atoms with Gasteiger partial charge in [-0.1, -0.05) is 35.0 Å². The normalized spacial score (nSPS) is 15.1. The van der Waals surface area contributed by atoms with E-state index in [9.17, 15) is 17.6 Å². The largest absolute Gasteiger partial charge is 0.495 e. The average molecular weight is 564 g/mol. The van der Waals surface area contributed by atoms with Crippen LogP contribution in [0.4, 0.5) is 10.1 Å². The van der Waals surface area contributed by atoms with E-state index in [0.29, 0.717) is 35.1 Å². The van der Waals surface area contributed by atoms with Gasteiger partial charge in [-0.15, -0.1) is 0 Å². The molecule has 0 radical (unpaired) electrons. The number of anilines is 1. The molecule has 0 unspecified atom stereocenters. The van der Waals surface area contributed by atoms with E-state index in [1.54, 1.807) is 30.3 Å². The van der Waals surface area contributed by atoms with Crippen molar-refractivity contribution in [3.63, 3.8) is 0 Å². The van der Waals surface area contributed by atoms with Crippen LogP contribution < -0.4 is 14.8 Å². The third-order valence-electron chi connectivity index (χ3n) is 6.31. The summed E-state index contributed by atoms with van der Waals surface area (Å²) in [5.41, 5.74) is 0.873. The Bertz CT molecular complexity index is 1470. The Hall–Kier alpha value is -3.41. The van der Waals surface area contributed by atoms with Crippen LogP contribution in [0.25, 0.3) is 12.2 Å². The fourth-order valence-corrected chi connectivity index (χ4v) is 6.22. The first-order valence-electron chi connectivity index (χ1n) is 11.8. The van der Waals surface area contributed by atoms with Gasteiger partial charge < -0.3 is 19.3 Å². The van der Waals surface area contributed by atoms with E-state index in [0.717, 1.165) is 0 Å². The van der Waals surface area contributed by atoms with Crippen molar-refractivity contribution in [2.45, 2.75) is 24.7 Å². The second kappa shape index (κ2) is 11.5. The molecule has 1 aliphatic rings. The lowest BCUT2D eigenvalue weighted by atomic mass is 9.97. The number of nitrogens with zero attached hydrogens (tertiary/aromatic N) is 2. The number of rotatable bonds is 8. The highest BCUT2D eigenvalue weighted by atomic mass is 35.5. The molecule has 4 rings (SSSR count). The molecule has 1 aliphatic heterocycles. The molecule has 0 atom stereocenters. The number of aromatic nitrogens is 1. The highest BCUT2D eigenvalue weighted by Crippen LogP contribution is 2.37. The third kappa shape index (κ3) is 5.69. The molecule has 0 aliphatic carbocycles. The second-order valence-corrected chi connectivity index (χ2v) is 11.0. The van der Waals surface area contributed by atoms with Gasteiger partial charge in [0.1, 0.15) is 23.0 Å². The van der Waals surface area contributed by atoms with Crippen molar-refractivity contribution in [1.82, 2.24) is 9.46 Å². The summed E-state index contributed by atoms with van der Waals surface area (Å²) >= 11 is 6.19. The Morgan fingerprint density at radius 3 is 2.50 bits per heavy atom. The third-order valence-corrected chi connectivity index (χ3v) is 8.66. The van der Waals surface area contributed by atoms with E-state index in [4.69, 9.17) is 25.6 Å². The van der Waals surface area contributed by atoms with Crippen molar-refractivity contribution in [2.24, 2.45) is 5.92 Å². The topological polar surface area (TPSA) is 111 Å². The molecule has 1 saturated heterocycles. The van der Waals surface area contributed by atoms with Crippen LogP contribution >= 0.6 is 11.6 Å². The van der Waals surface area contributed by atoms with Crippen molar-refractivity contribution in [3.8, 4) is 11.5 Å². The first-order chi connectivity index (χ1) is 18.1. The van der Waals surface area contributed by atoms with Gasteiger partial charge in [0, 0.05) is 30.6 Å². The molecule has 1 fully saturated rings. The minimum atomic E-state index is -3.98. The van der Waals surface area contributed by atoms with Gasteiger partial charge in [-0.3, -0.25) is 4.79 Å². The Morgan fingerprint density at radius 2 is 1.84 bits per heavy atom. The van der Waals surface area contributed by atoms with Gasteiger partial charge in [0.05, 0.1) is 24.9 Å². The molecule has 2 aromatic carbocycles. The van der Waals surface area contributed by atoms with Gasteiger partial charge in [0.25, 0.3) is 0 Å². The first kappa shape index (κ1) is 27.6. The number of ether oxygens (including phenoxy) is 2. The molecule has 1 amide bonds. The van der Waals surface area contributed by atoms with Crippen LogP contribution in [0.3, 0.4) is 0 Å². The number of nitrogens with one attached hydrogen (secondary N) is 1. The minimum Gasteiger partial charge on any atom is -0.495 e. The van der Waals surface area contributed by atoms with E-state index >= 15 is 0 Å². The summed E-state index contributed by atoms with van der Waals surface area (Å²) in [7, 11) is -1.03. The highest BCUT2D eigenvalue weighted by molar-refractivity contribution is 7.89. The van der Waals surface area contributed by atoms with Crippen LogP contribution in [-0.4, -0.2) is 51.1 Å². The minimum absolute atomic E-state index is 0.00843. The van der Waals surface area contributed by atoms with Gasteiger partial charge in [0.2, 0.25) is 15.9 Å². The zero-order valence-corrected chi connectivity index (χ0v) is 22.6. The molecule has 0 spiro atoms. The van der Waals surface area contributed by atoms with Gasteiger partial charge in [-0.05, 0) is 44.1 Å². The summed E-state index contributed by atoms with van der Waals surface area (Å²) in [5, 5.41) is 6.95. The number of aryl methyl sites for hydroxylation is 1. The number of amides is 1. The average Bonchev–Trinajstić information content (AvgIpc) is 3.29. The monoisotopic (exact) mass is 563 g/mol. The van der Waals surface area contributed by atoms with Crippen LogP contribution in [0.2, 0.25) is 5.02 Å². The van der Waals surface area contributed by atoms with Gasteiger partial charge >= 0.3 is 0 Å².